The molecule has 0 N–H and O–H groups in total. The SMILES string of the molecule is Cc1ccc(C2=NCCCS2)cc1. The van der Waals surface area contributed by atoms with Crippen LogP contribution in [0.15, 0.2) is 29.3 Å². The van der Waals surface area contributed by atoms with Gasteiger partial charge in [0.2, 0.25) is 0 Å². The molecule has 0 amide bonds. The van der Waals surface area contributed by atoms with Crippen molar-refractivity contribution in [3.05, 3.63) is 35.4 Å². The molecular weight excluding hydrogens is 178 g/mol. The Morgan fingerprint density at radius 2 is 2.00 bits per heavy atom. The van der Waals surface area contributed by atoms with Crippen LogP contribution < -0.4 is 0 Å². The van der Waals surface area contributed by atoms with E-state index in [1.54, 1.807) is 0 Å². The van der Waals surface area contributed by atoms with Gasteiger partial charge in [0.25, 0.3) is 0 Å². The van der Waals surface area contributed by atoms with Crippen molar-refractivity contribution in [3.8, 4) is 0 Å². The molecule has 0 atom stereocenters. The van der Waals surface area contributed by atoms with Gasteiger partial charge in [0.05, 0.1) is 5.04 Å². The van der Waals surface area contributed by atoms with E-state index in [1.165, 1.54) is 28.3 Å². The van der Waals surface area contributed by atoms with Gasteiger partial charge >= 0.3 is 0 Å². The van der Waals surface area contributed by atoms with Crippen molar-refractivity contribution in [1.82, 2.24) is 0 Å². The second-order valence-corrected chi connectivity index (χ2v) is 4.34. The molecule has 0 saturated heterocycles. The maximum Gasteiger partial charge on any atom is 0.0976 e. The summed E-state index contributed by atoms with van der Waals surface area (Å²) in [4.78, 5) is 4.51. The van der Waals surface area contributed by atoms with Crippen LogP contribution in [0.4, 0.5) is 0 Å². The molecule has 0 unspecified atom stereocenters. The topological polar surface area (TPSA) is 12.4 Å². The summed E-state index contributed by atoms with van der Waals surface area (Å²) in [7, 11) is 0. The minimum Gasteiger partial charge on any atom is -0.278 e. The average Bonchev–Trinajstić information content (AvgIpc) is 2.20. The van der Waals surface area contributed by atoms with E-state index < -0.39 is 0 Å². The maximum absolute atomic E-state index is 4.51. The molecule has 2 rings (SSSR count). The molecule has 68 valence electrons. The predicted octanol–water partition coefficient (Wildman–Crippen LogP) is 2.88. The standard InChI is InChI=1S/C11H13NS/c1-9-3-5-10(6-4-9)11-12-7-2-8-13-11/h3-6H,2,7-8H2,1H3. The van der Waals surface area contributed by atoms with Crippen molar-refractivity contribution >= 4 is 16.8 Å². The van der Waals surface area contributed by atoms with Crippen molar-refractivity contribution in [2.24, 2.45) is 4.99 Å². The highest BCUT2D eigenvalue weighted by atomic mass is 32.2. The van der Waals surface area contributed by atoms with Gasteiger partial charge in [-0.1, -0.05) is 29.8 Å². The molecule has 0 fully saturated rings. The first kappa shape index (κ1) is 8.82. The van der Waals surface area contributed by atoms with Crippen molar-refractivity contribution in [2.75, 3.05) is 12.3 Å². The Labute approximate surface area is 83.3 Å². The minimum absolute atomic E-state index is 0.996. The highest BCUT2D eigenvalue weighted by molar-refractivity contribution is 8.14. The van der Waals surface area contributed by atoms with E-state index in [0.29, 0.717) is 0 Å². The molecular formula is C11H13NS. The summed E-state index contributed by atoms with van der Waals surface area (Å²) < 4.78 is 0. The van der Waals surface area contributed by atoms with E-state index in [1.807, 2.05) is 11.8 Å². The zero-order valence-electron chi connectivity index (χ0n) is 7.79. The molecule has 0 aliphatic carbocycles. The second kappa shape index (κ2) is 3.97. The van der Waals surface area contributed by atoms with E-state index in [2.05, 4.69) is 36.2 Å². The van der Waals surface area contributed by atoms with Gasteiger partial charge in [-0.05, 0) is 13.3 Å². The lowest BCUT2D eigenvalue weighted by molar-refractivity contribution is 0.939. The van der Waals surface area contributed by atoms with Crippen molar-refractivity contribution in [3.63, 3.8) is 0 Å². The Morgan fingerprint density at radius 1 is 1.23 bits per heavy atom. The van der Waals surface area contributed by atoms with Gasteiger partial charge in [-0.25, -0.2) is 0 Å². The third-order valence-corrected chi connectivity index (χ3v) is 3.23. The third-order valence-electron chi connectivity index (χ3n) is 2.10. The van der Waals surface area contributed by atoms with E-state index >= 15 is 0 Å². The van der Waals surface area contributed by atoms with Gasteiger partial charge in [0.1, 0.15) is 0 Å². The van der Waals surface area contributed by atoms with E-state index in [0.717, 1.165) is 6.54 Å². The summed E-state index contributed by atoms with van der Waals surface area (Å²) >= 11 is 1.87. The number of aliphatic imine (C=N–C) groups is 1. The molecule has 2 heteroatoms. The molecule has 1 aromatic rings. The molecule has 0 spiro atoms. The van der Waals surface area contributed by atoms with Crippen LogP contribution in [0.1, 0.15) is 17.5 Å². The molecule has 1 aliphatic rings. The van der Waals surface area contributed by atoms with Crippen LogP contribution in [-0.4, -0.2) is 17.3 Å². The molecule has 1 nitrogen and oxygen atoms in total. The normalized spacial score (nSPS) is 16.8. The first-order chi connectivity index (χ1) is 6.36. The molecule has 0 saturated carbocycles. The number of rotatable bonds is 1. The Balaban J connectivity index is 2.24. The molecule has 0 aromatic heterocycles. The second-order valence-electron chi connectivity index (χ2n) is 3.25. The van der Waals surface area contributed by atoms with Gasteiger partial charge in [0, 0.05) is 17.9 Å². The molecule has 0 bridgehead atoms. The Morgan fingerprint density at radius 3 is 2.62 bits per heavy atom. The lowest BCUT2D eigenvalue weighted by Crippen LogP contribution is -2.04. The summed E-state index contributed by atoms with van der Waals surface area (Å²) in [6.45, 7) is 3.11. The highest BCUT2D eigenvalue weighted by Crippen LogP contribution is 2.19. The van der Waals surface area contributed by atoms with Gasteiger partial charge in [-0.2, -0.15) is 0 Å². The molecule has 1 aliphatic heterocycles. The van der Waals surface area contributed by atoms with Gasteiger partial charge in [-0.15, -0.1) is 11.8 Å². The quantitative estimate of drug-likeness (QED) is 0.665. The van der Waals surface area contributed by atoms with Crippen LogP contribution in [0.25, 0.3) is 0 Å². The Bertz CT molecular complexity index is 313. The van der Waals surface area contributed by atoms with E-state index in [4.69, 9.17) is 0 Å². The number of hydrogen-bond donors (Lipinski definition) is 0. The predicted molar refractivity (Wildman–Crippen MR) is 59.7 cm³/mol. The maximum atomic E-state index is 4.51. The first-order valence-electron chi connectivity index (χ1n) is 4.60. The third kappa shape index (κ3) is 2.13. The Hall–Kier alpha value is -0.760. The Kier molecular flexibility index (Phi) is 2.69. The van der Waals surface area contributed by atoms with Crippen LogP contribution in [0.2, 0.25) is 0 Å². The zero-order valence-corrected chi connectivity index (χ0v) is 8.60. The lowest BCUT2D eigenvalue weighted by atomic mass is 10.2. The van der Waals surface area contributed by atoms with Crippen LogP contribution >= 0.6 is 11.8 Å². The average molecular weight is 191 g/mol. The van der Waals surface area contributed by atoms with Gasteiger partial charge in [0.15, 0.2) is 0 Å². The zero-order chi connectivity index (χ0) is 9.10. The minimum atomic E-state index is 0.996. The number of benzene rings is 1. The summed E-state index contributed by atoms with van der Waals surface area (Å²) in [5.74, 6) is 1.21. The molecule has 0 radical (unpaired) electrons. The fourth-order valence-electron chi connectivity index (χ4n) is 1.33. The van der Waals surface area contributed by atoms with Crippen LogP contribution in [0.3, 0.4) is 0 Å². The van der Waals surface area contributed by atoms with Crippen molar-refractivity contribution in [1.29, 1.82) is 0 Å². The summed E-state index contributed by atoms with van der Waals surface area (Å²) in [5, 5.41) is 1.21. The van der Waals surface area contributed by atoms with Crippen molar-refractivity contribution < 1.29 is 0 Å². The van der Waals surface area contributed by atoms with Crippen molar-refractivity contribution in [2.45, 2.75) is 13.3 Å². The number of nitrogens with zero attached hydrogens (tertiary/aromatic N) is 1. The van der Waals surface area contributed by atoms with E-state index in [-0.39, 0.29) is 0 Å². The monoisotopic (exact) mass is 191 g/mol. The fourth-order valence-corrected chi connectivity index (χ4v) is 2.28. The lowest BCUT2D eigenvalue weighted by Gasteiger charge is -2.11. The molecule has 13 heavy (non-hydrogen) atoms. The van der Waals surface area contributed by atoms with Gasteiger partial charge < -0.3 is 0 Å². The van der Waals surface area contributed by atoms with Crippen LogP contribution in [-0.2, 0) is 0 Å². The van der Waals surface area contributed by atoms with Crippen LogP contribution in [0.5, 0.6) is 0 Å². The van der Waals surface area contributed by atoms with E-state index in [9.17, 15) is 0 Å². The number of aryl methyl sites for hydroxylation is 1. The fraction of sp³-hybridized carbons (Fsp3) is 0.364. The largest absolute Gasteiger partial charge is 0.278 e. The number of thioether (sulfide) groups is 1. The summed E-state index contributed by atoms with van der Waals surface area (Å²) in [6.07, 6.45) is 1.22. The molecule has 1 heterocycles. The first-order valence-corrected chi connectivity index (χ1v) is 5.59. The van der Waals surface area contributed by atoms with Crippen LogP contribution in [0, 0.1) is 6.92 Å². The number of hydrogen-bond acceptors (Lipinski definition) is 2. The summed E-state index contributed by atoms with van der Waals surface area (Å²) in [6, 6.07) is 8.61. The summed E-state index contributed by atoms with van der Waals surface area (Å²) in [5.41, 5.74) is 2.58. The van der Waals surface area contributed by atoms with Gasteiger partial charge in [-0.3, -0.25) is 4.99 Å². The smallest absolute Gasteiger partial charge is 0.0976 e. The highest BCUT2D eigenvalue weighted by Gasteiger charge is 2.07. The molecule has 1 aromatic carbocycles.